The normalized spacial score (nSPS) is 18.5. The van der Waals surface area contributed by atoms with Crippen LogP contribution in [0.1, 0.15) is 42.5 Å². The smallest absolute Gasteiger partial charge is 0.255 e. The Bertz CT molecular complexity index is 471. The summed E-state index contributed by atoms with van der Waals surface area (Å²) in [6, 6.07) is -0.451. The SMILES string of the molecule is NC(=NO)C(NC(=O)c1cncnc1)C1CCCCC1. The fraction of sp³-hybridized carbons (Fsp3) is 0.538. The average molecular weight is 277 g/mol. The average Bonchev–Trinajstić information content (AvgIpc) is 2.53. The third-order valence-electron chi connectivity index (χ3n) is 3.66. The van der Waals surface area contributed by atoms with Gasteiger partial charge in [-0.1, -0.05) is 24.4 Å². The number of hydrogen-bond donors (Lipinski definition) is 3. The Hall–Kier alpha value is -2.18. The van der Waals surface area contributed by atoms with E-state index in [2.05, 4.69) is 20.4 Å². The lowest BCUT2D eigenvalue weighted by molar-refractivity contribution is 0.0929. The van der Waals surface area contributed by atoms with Gasteiger partial charge in [-0.05, 0) is 18.8 Å². The zero-order valence-corrected chi connectivity index (χ0v) is 11.2. The summed E-state index contributed by atoms with van der Waals surface area (Å²) in [7, 11) is 0. The van der Waals surface area contributed by atoms with Gasteiger partial charge in [-0.25, -0.2) is 9.97 Å². The third kappa shape index (κ3) is 3.43. The summed E-state index contributed by atoms with van der Waals surface area (Å²) in [5.41, 5.74) is 6.09. The number of nitrogens with two attached hydrogens (primary N) is 1. The van der Waals surface area contributed by atoms with Gasteiger partial charge in [0, 0.05) is 12.4 Å². The van der Waals surface area contributed by atoms with Gasteiger partial charge in [0.1, 0.15) is 6.33 Å². The van der Waals surface area contributed by atoms with Crippen molar-refractivity contribution >= 4 is 11.7 Å². The molecule has 20 heavy (non-hydrogen) atoms. The first-order chi connectivity index (χ1) is 9.72. The summed E-state index contributed by atoms with van der Waals surface area (Å²) in [5.74, 6) is -0.0666. The fourth-order valence-corrected chi connectivity index (χ4v) is 2.60. The van der Waals surface area contributed by atoms with E-state index in [0.29, 0.717) is 5.56 Å². The monoisotopic (exact) mass is 277 g/mol. The van der Waals surface area contributed by atoms with Crippen molar-refractivity contribution < 1.29 is 10.0 Å². The molecule has 1 fully saturated rings. The Morgan fingerprint density at radius 2 is 2.00 bits per heavy atom. The molecule has 2 rings (SSSR count). The minimum atomic E-state index is -0.451. The first kappa shape index (κ1) is 14.2. The van der Waals surface area contributed by atoms with Gasteiger partial charge in [-0.2, -0.15) is 0 Å². The quantitative estimate of drug-likeness (QED) is 0.327. The predicted octanol–water partition coefficient (Wildman–Crippen LogP) is 0.902. The van der Waals surface area contributed by atoms with Crippen molar-refractivity contribution in [2.45, 2.75) is 38.1 Å². The lowest BCUT2D eigenvalue weighted by Crippen LogP contribution is -2.49. The van der Waals surface area contributed by atoms with E-state index in [-0.39, 0.29) is 17.7 Å². The molecule has 0 spiro atoms. The summed E-state index contributed by atoms with van der Waals surface area (Å²) in [6.07, 6.45) is 9.56. The van der Waals surface area contributed by atoms with Gasteiger partial charge in [-0.3, -0.25) is 4.79 Å². The number of rotatable bonds is 4. The largest absolute Gasteiger partial charge is 0.409 e. The molecule has 1 aliphatic carbocycles. The second-order valence-electron chi connectivity index (χ2n) is 5.00. The standard InChI is InChI=1S/C13H19N5O2/c14-12(18-20)11(9-4-2-1-3-5-9)17-13(19)10-6-15-8-16-7-10/h6-9,11,20H,1-5H2,(H2,14,18)(H,17,19). The zero-order chi connectivity index (χ0) is 14.4. The number of carbonyl (C=O) groups is 1. The number of oxime groups is 1. The van der Waals surface area contributed by atoms with E-state index in [9.17, 15) is 4.79 Å². The molecule has 1 saturated carbocycles. The molecule has 1 heterocycles. The minimum absolute atomic E-state index is 0.0436. The molecular formula is C13H19N5O2. The third-order valence-corrected chi connectivity index (χ3v) is 3.66. The van der Waals surface area contributed by atoms with Crippen LogP contribution >= 0.6 is 0 Å². The summed E-state index contributed by atoms with van der Waals surface area (Å²) in [6.45, 7) is 0. The van der Waals surface area contributed by atoms with Gasteiger partial charge < -0.3 is 16.3 Å². The molecule has 7 heteroatoms. The maximum Gasteiger partial charge on any atom is 0.255 e. The Balaban J connectivity index is 2.09. The maximum atomic E-state index is 12.1. The molecule has 7 nitrogen and oxygen atoms in total. The number of nitrogens with zero attached hydrogens (tertiary/aromatic N) is 3. The fourth-order valence-electron chi connectivity index (χ4n) is 2.60. The second kappa shape index (κ2) is 6.83. The molecule has 1 aliphatic rings. The van der Waals surface area contributed by atoms with Crippen LogP contribution in [0.2, 0.25) is 0 Å². The highest BCUT2D eigenvalue weighted by Crippen LogP contribution is 2.26. The molecule has 1 aromatic rings. The Labute approximate surface area is 117 Å². The molecule has 1 aromatic heterocycles. The van der Waals surface area contributed by atoms with Crippen molar-refractivity contribution in [2.24, 2.45) is 16.8 Å². The van der Waals surface area contributed by atoms with Crippen LogP contribution in [-0.4, -0.2) is 33.0 Å². The van der Waals surface area contributed by atoms with Crippen LogP contribution < -0.4 is 11.1 Å². The van der Waals surface area contributed by atoms with Crippen molar-refractivity contribution in [1.29, 1.82) is 0 Å². The van der Waals surface area contributed by atoms with Crippen molar-refractivity contribution in [2.75, 3.05) is 0 Å². The highest BCUT2D eigenvalue weighted by Gasteiger charge is 2.28. The predicted molar refractivity (Wildman–Crippen MR) is 73.3 cm³/mol. The van der Waals surface area contributed by atoms with Crippen LogP contribution in [0, 0.1) is 5.92 Å². The minimum Gasteiger partial charge on any atom is -0.409 e. The maximum absolute atomic E-state index is 12.1. The van der Waals surface area contributed by atoms with Crippen LogP contribution in [0.15, 0.2) is 23.9 Å². The number of aromatic nitrogens is 2. The van der Waals surface area contributed by atoms with E-state index >= 15 is 0 Å². The highest BCUT2D eigenvalue weighted by molar-refractivity contribution is 5.97. The molecule has 0 aromatic carbocycles. The molecule has 0 bridgehead atoms. The molecule has 0 radical (unpaired) electrons. The molecule has 1 atom stereocenters. The van der Waals surface area contributed by atoms with Gasteiger partial charge in [0.15, 0.2) is 5.84 Å². The number of nitrogens with one attached hydrogen (secondary N) is 1. The van der Waals surface area contributed by atoms with E-state index in [1.165, 1.54) is 25.1 Å². The summed E-state index contributed by atoms with van der Waals surface area (Å²) < 4.78 is 0. The van der Waals surface area contributed by atoms with Crippen molar-refractivity contribution in [3.05, 3.63) is 24.3 Å². The highest BCUT2D eigenvalue weighted by atomic mass is 16.4. The molecule has 4 N–H and O–H groups in total. The van der Waals surface area contributed by atoms with E-state index in [0.717, 1.165) is 25.7 Å². The van der Waals surface area contributed by atoms with Crippen LogP contribution in [0.4, 0.5) is 0 Å². The number of carbonyl (C=O) groups excluding carboxylic acids is 1. The van der Waals surface area contributed by atoms with Gasteiger partial charge in [0.2, 0.25) is 0 Å². The van der Waals surface area contributed by atoms with Gasteiger partial charge in [-0.15, -0.1) is 0 Å². The molecule has 0 aliphatic heterocycles. The van der Waals surface area contributed by atoms with Crippen molar-refractivity contribution in [3.63, 3.8) is 0 Å². The Kier molecular flexibility index (Phi) is 4.86. The first-order valence-electron chi connectivity index (χ1n) is 6.75. The van der Waals surface area contributed by atoms with E-state index in [4.69, 9.17) is 10.9 Å². The van der Waals surface area contributed by atoms with Gasteiger partial charge >= 0.3 is 0 Å². The molecule has 1 amide bonds. The van der Waals surface area contributed by atoms with E-state index < -0.39 is 6.04 Å². The summed E-state index contributed by atoms with van der Waals surface area (Å²) in [5, 5.41) is 14.8. The lowest BCUT2D eigenvalue weighted by Gasteiger charge is -2.29. The summed E-state index contributed by atoms with van der Waals surface area (Å²) >= 11 is 0. The van der Waals surface area contributed by atoms with Crippen LogP contribution in [0.5, 0.6) is 0 Å². The Morgan fingerprint density at radius 1 is 1.35 bits per heavy atom. The van der Waals surface area contributed by atoms with Crippen molar-refractivity contribution in [3.8, 4) is 0 Å². The number of hydrogen-bond acceptors (Lipinski definition) is 5. The Morgan fingerprint density at radius 3 is 2.60 bits per heavy atom. The molecule has 0 saturated heterocycles. The van der Waals surface area contributed by atoms with Crippen LogP contribution in [0.25, 0.3) is 0 Å². The van der Waals surface area contributed by atoms with Gasteiger partial charge in [0.25, 0.3) is 5.91 Å². The topological polar surface area (TPSA) is 113 Å². The molecule has 1 unspecified atom stereocenters. The lowest BCUT2D eigenvalue weighted by atomic mass is 9.83. The first-order valence-corrected chi connectivity index (χ1v) is 6.75. The number of amides is 1. The second-order valence-corrected chi connectivity index (χ2v) is 5.00. The zero-order valence-electron chi connectivity index (χ0n) is 11.2. The van der Waals surface area contributed by atoms with Gasteiger partial charge in [0.05, 0.1) is 11.6 Å². The van der Waals surface area contributed by atoms with E-state index in [1.807, 2.05) is 0 Å². The van der Waals surface area contributed by atoms with E-state index in [1.54, 1.807) is 0 Å². The van der Waals surface area contributed by atoms with Crippen LogP contribution in [-0.2, 0) is 0 Å². The number of amidine groups is 1. The molecule has 108 valence electrons. The molecular weight excluding hydrogens is 258 g/mol. The van der Waals surface area contributed by atoms with Crippen molar-refractivity contribution in [1.82, 2.24) is 15.3 Å². The summed E-state index contributed by atoms with van der Waals surface area (Å²) in [4.78, 5) is 19.8. The van der Waals surface area contributed by atoms with Crippen LogP contribution in [0.3, 0.4) is 0 Å².